The van der Waals surface area contributed by atoms with E-state index in [2.05, 4.69) is 20.2 Å². The van der Waals surface area contributed by atoms with Crippen LogP contribution in [0.4, 0.5) is 10.2 Å². The molecule has 0 spiro atoms. The van der Waals surface area contributed by atoms with Crippen molar-refractivity contribution in [2.45, 2.75) is 37.9 Å². The van der Waals surface area contributed by atoms with Crippen molar-refractivity contribution in [3.05, 3.63) is 71.4 Å². The minimum absolute atomic E-state index is 0. The van der Waals surface area contributed by atoms with Crippen LogP contribution in [0, 0.1) is 5.92 Å². The maximum Gasteiger partial charge on any atom is 0.335 e. The van der Waals surface area contributed by atoms with Crippen molar-refractivity contribution in [1.29, 1.82) is 0 Å². The molecule has 0 amide bonds. The highest BCUT2D eigenvalue weighted by Crippen LogP contribution is 2.31. The number of benzene rings is 2. The van der Waals surface area contributed by atoms with Crippen LogP contribution in [0.5, 0.6) is 11.5 Å². The largest absolute Gasteiger partial charge is 0.457 e. The van der Waals surface area contributed by atoms with Crippen LogP contribution in [0.2, 0.25) is 0 Å². The van der Waals surface area contributed by atoms with E-state index in [9.17, 15) is 4.79 Å². The van der Waals surface area contributed by atoms with Gasteiger partial charge in [-0.3, -0.25) is 9.13 Å². The van der Waals surface area contributed by atoms with Gasteiger partial charge in [0.25, 0.3) is 0 Å². The van der Waals surface area contributed by atoms with Crippen molar-refractivity contribution in [3.63, 3.8) is 0 Å². The van der Waals surface area contributed by atoms with Gasteiger partial charge in [0.15, 0.2) is 11.5 Å². The molecule has 2 saturated heterocycles. The Balaban J connectivity index is 0.00000323. The molecule has 11 heteroatoms. The highest BCUT2D eigenvalue weighted by atomic mass is 35.5. The van der Waals surface area contributed by atoms with Gasteiger partial charge in [0, 0.05) is 13.1 Å². The summed E-state index contributed by atoms with van der Waals surface area (Å²) in [4.78, 5) is 24.6. The van der Waals surface area contributed by atoms with Gasteiger partial charge in [-0.05, 0) is 87.6 Å². The van der Waals surface area contributed by atoms with Crippen LogP contribution in [-0.4, -0.2) is 62.9 Å². The summed E-state index contributed by atoms with van der Waals surface area (Å²) >= 11 is 0. The summed E-state index contributed by atoms with van der Waals surface area (Å²) in [6.07, 6.45) is 4.12. The molecule has 4 aromatic rings. The number of nitrogens with zero attached hydrogens (tertiary/aromatic N) is 5. The van der Waals surface area contributed by atoms with Gasteiger partial charge < -0.3 is 20.7 Å². The molecule has 6 rings (SSSR count). The number of rotatable bonds is 7. The molecule has 0 aliphatic carbocycles. The van der Waals surface area contributed by atoms with Crippen LogP contribution >= 0.6 is 12.4 Å². The first-order chi connectivity index (χ1) is 19.1. The zero-order chi connectivity index (χ0) is 26.8. The molecule has 2 aliphatic rings. The summed E-state index contributed by atoms with van der Waals surface area (Å²) in [5.74, 6) is 2.22. The number of anilines is 1. The summed E-state index contributed by atoms with van der Waals surface area (Å²) in [6.45, 7) is 4.07. The lowest BCUT2D eigenvalue weighted by atomic mass is 9.94. The number of nitrogens with two attached hydrogens (primary N) is 1. The van der Waals surface area contributed by atoms with Crippen molar-refractivity contribution in [2.24, 2.45) is 5.92 Å². The van der Waals surface area contributed by atoms with Crippen LogP contribution in [-0.2, 0) is 0 Å². The number of fused-ring (bicyclic) bond motifs is 1. The van der Waals surface area contributed by atoms with Gasteiger partial charge >= 0.3 is 5.69 Å². The molecular formula is C29H35ClFN7O2. The van der Waals surface area contributed by atoms with Gasteiger partial charge in [-0.1, -0.05) is 18.2 Å². The lowest BCUT2D eigenvalue weighted by Gasteiger charge is -2.36. The molecule has 2 aliphatic heterocycles. The molecule has 2 aromatic heterocycles. The minimum Gasteiger partial charge on any atom is -0.457 e. The summed E-state index contributed by atoms with van der Waals surface area (Å²) in [5, 5.41) is 3.40. The zero-order valence-electron chi connectivity index (χ0n) is 22.3. The average Bonchev–Trinajstić information content (AvgIpc) is 3.26. The topological polar surface area (TPSA) is 103 Å². The van der Waals surface area contributed by atoms with Crippen LogP contribution in [0.25, 0.3) is 16.9 Å². The Hall–Kier alpha value is -3.47. The highest BCUT2D eigenvalue weighted by Gasteiger charge is 2.34. The summed E-state index contributed by atoms with van der Waals surface area (Å²) in [6, 6.07) is 16.0. The lowest BCUT2D eigenvalue weighted by Crippen LogP contribution is -2.45. The molecule has 40 heavy (non-hydrogen) atoms. The third-order valence-corrected chi connectivity index (χ3v) is 7.99. The molecular weight excluding hydrogens is 533 g/mol. The fourth-order valence-electron chi connectivity index (χ4n) is 5.88. The van der Waals surface area contributed by atoms with Gasteiger partial charge in [-0.15, -0.1) is 12.4 Å². The van der Waals surface area contributed by atoms with Crippen LogP contribution in [0.3, 0.4) is 0 Å². The Kier molecular flexibility index (Phi) is 8.68. The van der Waals surface area contributed by atoms with E-state index < -0.39 is 12.2 Å². The molecule has 4 heterocycles. The number of alkyl halides is 1. The maximum absolute atomic E-state index is 15.7. The second-order valence-electron chi connectivity index (χ2n) is 10.5. The van der Waals surface area contributed by atoms with E-state index in [1.165, 1.54) is 28.3 Å². The number of likely N-dealkylation sites (tertiary alicyclic amines) is 1. The first-order valence-electron chi connectivity index (χ1n) is 13.7. The number of hydrogen-bond donors (Lipinski definition) is 2. The lowest BCUT2D eigenvalue weighted by molar-refractivity contribution is 0.0840. The number of piperidine rings is 2. The standard InChI is InChI=1S/C29H34FN7O2.ClH/c30-24-18-35(16-12-20-10-14-32-15-11-20)17-13-25(24)37-28-26(27(31)33-19-34-28)36(29(37)38)21-6-8-23(9-7-21)39-22-4-2-1-3-5-22;/h1-9,19-20,24-25,32H,10-18H2,(H2,31,33,34);1H/t24-,25-;/m0./s1. The Morgan fingerprint density at radius 2 is 1.73 bits per heavy atom. The Morgan fingerprint density at radius 1 is 1.00 bits per heavy atom. The Bertz CT molecular complexity index is 1470. The number of hydrogen-bond acceptors (Lipinski definition) is 7. The summed E-state index contributed by atoms with van der Waals surface area (Å²) in [7, 11) is 0. The van der Waals surface area contributed by atoms with Crippen molar-refractivity contribution >= 4 is 29.4 Å². The molecule has 0 saturated carbocycles. The minimum atomic E-state index is -1.19. The molecule has 212 valence electrons. The monoisotopic (exact) mass is 567 g/mol. The van der Waals surface area contributed by atoms with Crippen LogP contribution in [0.1, 0.15) is 31.7 Å². The first kappa shape index (κ1) is 28.1. The second-order valence-corrected chi connectivity index (χ2v) is 10.5. The van der Waals surface area contributed by atoms with Crippen molar-refractivity contribution in [1.82, 2.24) is 29.3 Å². The number of aromatic nitrogens is 4. The van der Waals surface area contributed by atoms with E-state index >= 15 is 4.39 Å². The fourth-order valence-corrected chi connectivity index (χ4v) is 5.88. The number of halogens is 2. The highest BCUT2D eigenvalue weighted by molar-refractivity contribution is 5.85. The number of para-hydroxylation sites is 1. The quantitative estimate of drug-likeness (QED) is 0.342. The smallest absolute Gasteiger partial charge is 0.335 e. The average molecular weight is 568 g/mol. The molecule has 0 unspecified atom stereocenters. The van der Waals surface area contributed by atoms with Crippen LogP contribution in [0.15, 0.2) is 65.7 Å². The molecule has 2 atom stereocenters. The maximum atomic E-state index is 15.7. The van der Waals surface area contributed by atoms with Gasteiger partial charge in [-0.2, -0.15) is 0 Å². The van der Waals surface area contributed by atoms with Crippen molar-refractivity contribution in [2.75, 3.05) is 38.5 Å². The summed E-state index contributed by atoms with van der Waals surface area (Å²) in [5.41, 5.74) is 7.21. The van der Waals surface area contributed by atoms with E-state index in [4.69, 9.17) is 10.5 Å². The third kappa shape index (κ3) is 5.70. The molecule has 2 fully saturated rings. The van der Waals surface area contributed by atoms with Gasteiger partial charge in [0.2, 0.25) is 0 Å². The predicted octanol–water partition coefficient (Wildman–Crippen LogP) is 4.35. The Morgan fingerprint density at radius 3 is 2.45 bits per heavy atom. The fraction of sp³-hybridized carbons (Fsp3) is 0.414. The van der Waals surface area contributed by atoms with Crippen molar-refractivity contribution < 1.29 is 9.13 Å². The first-order valence-corrected chi connectivity index (χ1v) is 13.7. The van der Waals surface area contributed by atoms with Crippen LogP contribution < -0.4 is 21.5 Å². The van der Waals surface area contributed by atoms with E-state index in [1.54, 1.807) is 24.3 Å². The zero-order valence-corrected chi connectivity index (χ0v) is 23.1. The van der Waals surface area contributed by atoms with E-state index in [1.807, 2.05) is 30.3 Å². The SMILES string of the molecule is Cl.Nc1ncnc2c1n(-c1ccc(Oc3ccccc3)cc1)c(=O)n2[C@H]1CCN(CCC2CCNCC2)C[C@@H]1F. The second kappa shape index (κ2) is 12.4. The van der Waals surface area contributed by atoms with E-state index in [0.717, 1.165) is 32.6 Å². The molecule has 3 N–H and O–H groups in total. The Labute approximate surface area is 238 Å². The normalized spacial score (nSPS) is 20.3. The number of nitrogen functional groups attached to an aromatic ring is 1. The third-order valence-electron chi connectivity index (χ3n) is 7.99. The molecule has 9 nitrogen and oxygen atoms in total. The van der Waals surface area contributed by atoms with E-state index in [-0.39, 0.29) is 23.9 Å². The molecule has 0 bridgehead atoms. The summed E-state index contributed by atoms with van der Waals surface area (Å²) < 4.78 is 24.6. The molecule has 2 aromatic carbocycles. The number of ether oxygens (including phenoxy) is 1. The van der Waals surface area contributed by atoms with E-state index in [0.29, 0.717) is 47.2 Å². The predicted molar refractivity (Wildman–Crippen MR) is 157 cm³/mol. The van der Waals surface area contributed by atoms with Gasteiger partial charge in [-0.25, -0.2) is 19.2 Å². The molecule has 0 radical (unpaired) electrons. The van der Waals surface area contributed by atoms with Gasteiger partial charge in [0.1, 0.15) is 29.5 Å². The van der Waals surface area contributed by atoms with Crippen molar-refractivity contribution in [3.8, 4) is 17.2 Å². The van der Waals surface area contributed by atoms with Gasteiger partial charge in [0.05, 0.1) is 11.7 Å². The number of nitrogens with one attached hydrogen (secondary N) is 1. The number of imidazole rings is 1.